The van der Waals surface area contributed by atoms with Crippen molar-refractivity contribution < 1.29 is 13.3 Å². The van der Waals surface area contributed by atoms with Gasteiger partial charge in [-0.25, -0.2) is 5.84 Å². The van der Waals surface area contributed by atoms with Gasteiger partial charge in [0.05, 0.1) is 4.92 Å². The fourth-order valence-electron chi connectivity index (χ4n) is 0.550. The molecular formula is C6H7N3O4S. The van der Waals surface area contributed by atoms with Crippen LogP contribution >= 0.6 is 0 Å². The number of hydrogen-bond acceptors (Lipinski definition) is 5. The van der Waals surface area contributed by atoms with E-state index in [9.17, 15) is 10.1 Å². The normalized spacial score (nSPS) is 8.07. The minimum atomic E-state index is -2.42. The van der Waals surface area contributed by atoms with E-state index < -0.39 is 15.4 Å². The molecule has 1 aromatic carbocycles. The maximum Gasteiger partial charge on any atom is 0.327 e. The fourth-order valence-corrected chi connectivity index (χ4v) is 0.550. The number of benzene rings is 1. The van der Waals surface area contributed by atoms with Gasteiger partial charge in [0.25, 0.3) is 5.69 Å². The molecule has 0 aromatic heterocycles. The molecule has 0 aliphatic heterocycles. The highest BCUT2D eigenvalue weighted by atomic mass is 32.2. The van der Waals surface area contributed by atoms with Crippen molar-refractivity contribution in [2.75, 3.05) is 0 Å². The molecule has 2 N–H and O–H groups in total. The summed E-state index contributed by atoms with van der Waals surface area (Å²) in [6, 6.07) is 7.93. The second-order valence-corrected chi connectivity index (χ2v) is 2.56. The van der Waals surface area contributed by atoms with Crippen LogP contribution in [0, 0.1) is 10.1 Å². The molecule has 0 heterocycles. The van der Waals surface area contributed by atoms with Crippen LogP contribution in [0.2, 0.25) is 0 Å². The average Bonchev–Trinajstić information content (AvgIpc) is 2.20. The van der Waals surface area contributed by atoms with Crippen LogP contribution in [-0.4, -0.2) is 13.3 Å². The topological polar surface area (TPSA) is 116 Å². The number of nitro groups is 1. The summed E-state index contributed by atoms with van der Waals surface area (Å²) >= 11 is 0. The van der Waals surface area contributed by atoms with E-state index in [1.807, 2.05) is 0 Å². The summed E-state index contributed by atoms with van der Waals surface area (Å²) in [6.45, 7) is 0. The molecule has 0 radical (unpaired) electrons. The predicted octanol–water partition coefficient (Wildman–Crippen LogP) is 0.518. The number of non-ortho nitro benzene ring substituents is 1. The molecule has 7 nitrogen and oxygen atoms in total. The molecule has 0 spiro atoms. The third-order valence-corrected chi connectivity index (χ3v) is 1.23. The van der Waals surface area contributed by atoms with Gasteiger partial charge in [0.2, 0.25) is 0 Å². The smallest absolute Gasteiger partial charge is 0.258 e. The van der Waals surface area contributed by atoms with E-state index in [0.29, 0.717) is 0 Å². The minimum Gasteiger partial charge on any atom is -0.258 e. The van der Waals surface area contributed by atoms with E-state index in [4.69, 9.17) is 8.42 Å². The van der Waals surface area contributed by atoms with Gasteiger partial charge >= 0.3 is 10.5 Å². The van der Waals surface area contributed by atoms with Gasteiger partial charge in [0.1, 0.15) is 0 Å². The Morgan fingerprint density at radius 3 is 1.93 bits per heavy atom. The Balaban J connectivity index is 0.000000292. The van der Waals surface area contributed by atoms with Gasteiger partial charge in [0.15, 0.2) is 0 Å². The van der Waals surface area contributed by atoms with Crippen LogP contribution in [0.5, 0.6) is 0 Å². The van der Waals surface area contributed by atoms with Gasteiger partial charge in [-0.1, -0.05) is 22.7 Å². The van der Waals surface area contributed by atoms with Crippen LogP contribution in [0.4, 0.5) is 5.69 Å². The first-order valence-corrected chi connectivity index (χ1v) is 4.31. The van der Waals surface area contributed by atoms with Crippen LogP contribution in [0.25, 0.3) is 0 Å². The molecule has 0 bridgehead atoms. The van der Waals surface area contributed by atoms with Crippen molar-refractivity contribution in [2.24, 2.45) is 10.3 Å². The molecule has 14 heavy (non-hydrogen) atoms. The van der Waals surface area contributed by atoms with E-state index in [-0.39, 0.29) is 5.69 Å². The van der Waals surface area contributed by atoms with Crippen LogP contribution in [0.1, 0.15) is 0 Å². The number of rotatable bonds is 1. The summed E-state index contributed by atoms with van der Waals surface area (Å²) in [7, 11) is -2.42. The van der Waals surface area contributed by atoms with Crippen molar-refractivity contribution in [3.05, 3.63) is 40.4 Å². The van der Waals surface area contributed by atoms with E-state index in [1.165, 1.54) is 12.1 Å². The van der Waals surface area contributed by atoms with Gasteiger partial charge in [-0.15, -0.1) is 0 Å². The monoisotopic (exact) mass is 217 g/mol. The maximum absolute atomic E-state index is 10.0. The highest BCUT2D eigenvalue weighted by molar-refractivity contribution is 7.61. The zero-order valence-electron chi connectivity index (χ0n) is 6.90. The summed E-state index contributed by atoms with van der Waals surface area (Å²) in [5.74, 6) is 4.18. The van der Waals surface area contributed by atoms with Gasteiger partial charge in [-0.2, -0.15) is 8.42 Å². The fraction of sp³-hybridized carbons (Fsp3) is 0. The lowest BCUT2D eigenvalue weighted by Crippen LogP contribution is -1.84. The Bertz CT molecular complexity index is 406. The third kappa shape index (κ3) is 5.80. The van der Waals surface area contributed by atoms with E-state index in [0.717, 1.165) is 0 Å². The van der Waals surface area contributed by atoms with Gasteiger partial charge < -0.3 is 0 Å². The molecule has 0 amide bonds. The van der Waals surface area contributed by atoms with Crippen LogP contribution in [0.15, 0.2) is 34.8 Å². The summed E-state index contributed by atoms with van der Waals surface area (Å²) in [4.78, 5) is 9.59. The van der Waals surface area contributed by atoms with Crippen molar-refractivity contribution in [3.8, 4) is 0 Å². The molecule has 8 heteroatoms. The Kier molecular flexibility index (Phi) is 5.83. The maximum atomic E-state index is 10.0. The van der Waals surface area contributed by atoms with Gasteiger partial charge in [-0.3, -0.25) is 10.1 Å². The molecular weight excluding hydrogens is 210 g/mol. The number of nitrogens with two attached hydrogens (primary N) is 1. The van der Waals surface area contributed by atoms with E-state index in [1.54, 1.807) is 18.2 Å². The molecule has 0 atom stereocenters. The molecule has 0 saturated heterocycles. The largest absolute Gasteiger partial charge is 0.327 e. The van der Waals surface area contributed by atoms with Crippen molar-refractivity contribution in [1.29, 1.82) is 0 Å². The number of nitrogens with zero attached hydrogens (tertiary/aromatic N) is 2. The Morgan fingerprint density at radius 1 is 1.29 bits per heavy atom. The number of para-hydroxylation sites is 1. The molecule has 0 fully saturated rings. The van der Waals surface area contributed by atoms with Gasteiger partial charge in [0, 0.05) is 12.1 Å². The standard InChI is InChI=1S/C6H5NO2.H2N2O2S/c8-7(9)6-4-2-1-3-5-6;1-2-5(3)4/h1-5H;1H2. The van der Waals surface area contributed by atoms with E-state index in [2.05, 4.69) is 10.3 Å². The summed E-state index contributed by atoms with van der Waals surface area (Å²) in [6.07, 6.45) is 0. The zero-order valence-corrected chi connectivity index (χ0v) is 7.72. The van der Waals surface area contributed by atoms with Crippen molar-refractivity contribution in [3.63, 3.8) is 0 Å². The molecule has 0 unspecified atom stereocenters. The molecule has 0 aliphatic rings. The molecule has 1 aromatic rings. The molecule has 0 saturated carbocycles. The lowest BCUT2D eigenvalue weighted by Gasteiger charge is -1.85. The summed E-state index contributed by atoms with van der Waals surface area (Å²) in [5.41, 5.74) is 0.137. The second kappa shape index (κ2) is 6.69. The highest BCUT2D eigenvalue weighted by Gasteiger charge is 1.98. The predicted molar refractivity (Wildman–Crippen MR) is 48.6 cm³/mol. The highest BCUT2D eigenvalue weighted by Crippen LogP contribution is 2.06. The summed E-state index contributed by atoms with van der Waals surface area (Å²) in [5, 5.41) is 10.0. The van der Waals surface area contributed by atoms with Gasteiger partial charge in [-0.05, 0) is 0 Å². The van der Waals surface area contributed by atoms with Crippen LogP contribution in [0.3, 0.4) is 0 Å². The number of nitro benzene ring substituents is 1. The van der Waals surface area contributed by atoms with E-state index >= 15 is 0 Å². The first kappa shape index (κ1) is 12.2. The Morgan fingerprint density at radius 2 is 1.71 bits per heavy atom. The first-order chi connectivity index (χ1) is 6.57. The first-order valence-electron chi connectivity index (χ1n) is 3.27. The quantitative estimate of drug-likeness (QED) is 0.418. The Labute approximate surface area is 81.0 Å². The number of hydrogen-bond donors (Lipinski definition) is 1. The average molecular weight is 217 g/mol. The lowest BCUT2D eigenvalue weighted by molar-refractivity contribution is -0.384. The third-order valence-electron chi connectivity index (χ3n) is 1.05. The van der Waals surface area contributed by atoms with Crippen LogP contribution < -0.4 is 5.84 Å². The van der Waals surface area contributed by atoms with Crippen LogP contribution in [-0.2, 0) is 10.5 Å². The van der Waals surface area contributed by atoms with Crippen molar-refractivity contribution in [1.82, 2.24) is 0 Å². The zero-order chi connectivity index (χ0) is 11.0. The van der Waals surface area contributed by atoms with Crippen molar-refractivity contribution in [2.45, 2.75) is 0 Å². The Hall–Kier alpha value is -1.80. The molecule has 0 aliphatic carbocycles. The SMILES string of the molecule is NN=S(=O)=O.O=[N+]([O-])c1ccccc1. The molecule has 76 valence electrons. The molecule has 1 rings (SSSR count). The lowest BCUT2D eigenvalue weighted by atomic mass is 10.3. The van der Waals surface area contributed by atoms with Crippen molar-refractivity contribution >= 4 is 16.2 Å². The minimum absolute atomic E-state index is 0.137. The second-order valence-electron chi connectivity index (χ2n) is 1.92. The summed E-state index contributed by atoms with van der Waals surface area (Å²) < 4.78 is 20.5.